The summed E-state index contributed by atoms with van der Waals surface area (Å²) in [4.78, 5) is 12.5. The lowest BCUT2D eigenvalue weighted by atomic mass is 9.48. The average molecular weight is 556 g/mol. The summed E-state index contributed by atoms with van der Waals surface area (Å²) in [6, 6.07) is 12.3. The highest BCUT2D eigenvalue weighted by molar-refractivity contribution is 9.10. The molecule has 0 spiro atoms. The van der Waals surface area contributed by atoms with E-state index in [1.807, 2.05) is 44.2 Å². The van der Waals surface area contributed by atoms with Crippen LogP contribution in [0.3, 0.4) is 0 Å². The van der Waals surface area contributed by atoms with Crippen LogP contribution in [-0.4, -0.2) is 25.2 Å². The third-order valence-corrected chi connectivity index (χ3v) is 9.26. The summed E-state index contributed by atoms with van der Waals surface area (Å²) in [6.45, 7) is 7.60. The van der Waals surface area contributed by atoms with Gasteiger partial charge in [0.2, 0.25) is 0 Å². The second kappa shape index (κ2) is 10.7. The van der Waals surface area contributed by atoms with Gasteiger partial charge in [-0.15, -0.1) is 0 Å². The summed E-state index contributed by atoms with van der Waals surface area (Å²) in [5, 5.41) is 6.75. The molecule has 2 aromatic carbocycles. The molecule has 0 aromatic heterocycles. The Bertz CT molecular complexity index is 1050. The van der Waals surface area contributed by atoms with Gasteiger partial charge in [-0.3, -0.25) is 4.79 Å². The van der Waals surface area contributed by atoms with E-state index in [0.29, 0.717) is 29.6 Å². The zero-order valence-electron chi connectivity index (χ0n) is 21.7. The maximum atomic E-state index is 12.5. The quantitative estimate of drug-likeness (QED) is 0.336. The molecule has 0 radical (unpaired) electrons. The molecule has 2 aromatic rings. The summed E-state index contributed by atoms with van der Waals surface area (Å²) in [7, 11) is 0. The Hall–Kier alpha value is -2.05. The molecule has 4 aliphatic carbocycles. The summed E-state index contributed by atoms with van der Waals surface area (Å²) in [5.41, 5.74) is 3.53. The van der Waals surface area contributed by atoms with Crippen molar-refractivity contribution in [1.29, 1.82) is 0 Å². The number of benzene rings is 2. The first-order chi connectivity index (χ1) is 17.3. The maximum Gasteiger partial charge on any atom is 0.262 e. The normalized spacial score (nSPS) is 27.1. The first-order valence-corrected chi connectivity index (χ1v) is 14.3. The molecule has 0 aliphatic heterocycles. The monoisotopic (exact) mass is 554 g/mol. The number of carbonyl (C=O) groups is 1. The molecule has 0 saturated heterocycles. The third-order valence-electron chi connectivity index (χ3n) is 8.67. The van der Waals surface area contributed by atoms with Gasteiger partial charge in [-0.1, -0.05) is 17.7 Å². The van der Waals surface area contributed by atoms with Gasteiger partial charge in [0.05, 0.1) is 11.1 Å². The summed E-state index contributed by atoms with van der Waals surface area (Å²) >= 11 is 3.67. The van der Waals surface area contributed by atoms with E-state index in [-0.39, 0.29) is 12.5 Å². The molecule has 6 rings (SSSR count). The van der Waals surface area contributed by atoms with Crippen LogP contribution in [0.2, 0.25) is 0 Å². The SMILES string of the molecule is CCOc1cc(CNC(C)C23CC4CC(CC(C4)C2)C3)cc(Br)c1OCC(=O)Nc1ccc(C)cc1. The largest absolute Gasteiger partial charge is 0.490 e. The predicted octanol–water partition coefficient (Wildman–Crippen LogP) is 6.87. The van der Waals surface area contributed by atoms with Gasteiger partial charge >= 0.3 is 0 Å². The van der Waals surface area contributed by atoms with Crippen molar-refractivity contribution in [3.05, 3.63) is 52.0 Å². The molecule has 1 unspecified atom stereocenters. The summed E-state index contributed by atoms with van der Waals surface area (Å²) in [5.74, 6) is 3.89. The van der Waals surface area contributed by atoms with Crippen molar-refractivity contribution in [2.45, 2.75) is 71.9 Å². The third kappa shape index (κ3) is 5.60. The molecular weight excluding hydrogens is 516 g/mol. The minimum absolute atomic E-state index is 0.0901. The molecule has 2 N–H and O–H groups in total. The molecule has 36 heavy (non-hydrogen) atoms. The Labute approximate surface area is 223 Å². The molecule has 4 saturated carbocycles. The smallest absolute Gasteiger partial charge is 0.262 e. The van der Waals surface area contributed by atoms with Crippen molar-refractivity contribution < 1.29 is 14.3 Å². The number of hydrogen-bond acceptors (Lipinski definition) is 4. The van der Waals surface area contributed by atoms with Crippen LogP contribution < -0.4 is 20.1 Å². The number of hydrogen-bond donors (Lipinski definition) is 2. The number of nitrogens with one attached hydrogen (secondary N) is 2. The van der Waals surface area contributed by atoms with Gasteiger partial charge in [0.15, 0.2) is 18.1 Å². The van der Waals surface area contributed by atoms with E-state index in [4.69, 9.17) is 9.47 Å². The fourth-order valence-corrected chi connectivity index (χ4v) is 7.90. The van der Waals surface area contributed by atoms with Crippen molar-refractivity contribution in [3.63, 3.8) is 0 Å². The van der Waals surface area contributed by atoms with E-state index in [9.17, 15) is 4.79 Å². The van der Waals surface area contributed by atoms with Gasteiger partial charge in [-0.2, -0.15) is 0 Å². The van der Waals surface area contributed by atoms with Crippen LogP contribution >= 0.6 is 15.9 Å². The van der Waals surface area contributed by atoms with Crippen LogP contribution in [0.1, 0.15) is 63.5 Å². The minimum Gasteiger partial charge on any atom is -0.490 e. The number of halogens is 1. The predicted molar refractivity (Wildman–Crippen MR) is 148 cm³/mol. The van der Waals surface area contributed by atoms with E-state index < -0.39 is 0 Å². The van der Waals surface area contributed by atoms with Crippen molar-refractivity contribution >= 4 is 27.5 Å². The molecule has 4 bridgehead atoms. The van der Waals surface area contributed by atoms with E-state index in [0.717, 1.165) is 45.6 Å². The number of ether oxygens (including phenoxy) is 2. The Kier molecular flexibility index (Phi) is 7.64. The molecule has 4 fully saturated rings. The van der Waals surface area contributed by atoms with E-state index in [2.05, 4.69) is 39.6 Å². The lowest BCUT2D eigenvalue weighted by molar-refractivity contribution is -0.118. The van der Waals surface area contributed by atoms with Crippen LogP contribution in [0.15, 0.2) is 40.9 Å². The van der Waals surface area contributed by atoms with Crippen molar-refractivity contribution in [2.24, 2.45) is 23.2 Å². The fourth-order valence-electron chi connectivity index (χ4n) is 7.29. The van der Waals surface area contributed by atoms with Gasteiger partial charge in [0, 0.05) is 18.3 Å². The second-order valence-electron chi connectivity index (χ2n) is 11.4. The average Bonchev–Trinajstić information content (AvgIpc) is 2.83. The number of aryl methyl sites for hydroxylation is 1. The summed E-state index contributed by atoms with van der Waals surface area (Å²) < 4.78 is 12.6. The molecule has 1 atom stereocenters. The standard InChI is InChI=1S/C30H39BrN2O3/c1-4-35-27-13-24(17-32-20(3)30-14-21-9-22(15-30)11-23(10-21)16-30)12-26(31)29(27)36-18-28(34)33-25-7-5-19(2)6-8-25/h5-8,12-13,20-23,32H,4,9-11,14-18H2,1-3H3,(H,33,34). The Morgan fingerprint density at radius 3 is 2.31 bits per heavy atom. The molecule has 1 amide bonds. The van der Waals surface area contributed by atoms with Gasteiger partial charge in [-0.05, 0) is 128 Å². The Morgan fingerprint density at radius 2 is 1.69 bits per heavy atom. The highest BCUT2D eigenvalue weighted by Crippen LogP contribution is 2.61. The van der Waals surface area contributed by atoms with Crippen LogP contribution in [-0.2, 0) is 11.3 Å². The number of carbonyl (C=O) groups excluding carboxylic acids is 1. The molecular formula is C30H39BrN2O3. The van der Waals surface area contributed by atoms with Gasteiger partial charge in [0.1, 0.15) is 0 Å². The van der Waals surface area contributed by atoms with E-state index in [1.165, 1.54) is 38.5 Å². The van der Waals surface area contributed by atoms with Crippen LogP contribution in [0.4, 0.5) is 5.69 Å². The Balaban J connectivity index is 1.21. The first-order valence-electron chi connectivity index (χ1n) is 13.5. The van der Waals surface area contributed by atoms with Crippen LogP contribution in [0.25, 0.3) is 0 Å². The lowest BCUT2D eigenvalue weighted by Gasteiger charge is -2.59. The van der Waals surface area contributed by atoms with Crippen molar-refractivity contribution in [3.8, 4) is 11.5 Å². The van der Waals surface area contributed by atoms with Gasteiger partial charge in [0.25, 0.3) is 5.91 Å². The van der Waals surface area contributed by atoms with E-state index >= 15 is 0 Å². The maximum absolute atomic E-state index is 12.5. The van der Waals surface area contributed by atoms with Crippen molar-refractivity contribution in [1.82, 2.24) is 5.32 Å². The van der Waals surface area contributed by atoms with Crippen LogP contribution in [0, 0.1) is 30.1 Å². The number of amides is 1. The Morgan fingerprint density at radius 1 is 1.06 bits per heavy atom. The zero-order valence-corrected chi connectivity index (χ0v) is 23.3. The second-order valence-corrected chi connectivity index (χ2v) is 12.3. The first kappa shape index (κ1) is 25.6. The molecule has 194 valence electrons. The molecule has 6 heteroatoms. The van der Waals surface area contributed by atoms with Gasteiger partial charge < -0.3 is 20.1 Å². The number of anilines is 1. The highest BCUT2D eigenvalue weighted by Gasteiger charge is 2.52. The van der Waals surface area contributed by atoms with E-state index in [1.54, 1.807) is 0 Å². The lowest BCUT2D eigenvalue weighted by Crippen LogP contribution is -2.54. The van der Waals surface area contributed by atoms with Gasteiger partial charge in [-0.25, -0.2) is 0 Å². The van der Waals surface area contributed by atoms with Crippen molar-refractivity contribution in [2.75, 3.05) is 18.5 Å². The topological polar surface area (TPSA) is 59.6 Å². The molecule has 4 aliphatic rings. The minimum atomic E-state index is -0.205. The number of rotatable bonds is 10. The summed E-state index contributed by atoms with van der Waals surface area (Å²) in [6.07, 6.45) is 8.62. The zero-order chi connectivity index (χ0) is 25.3. The highest BCUT2D eigenvalue weighted by atomic mass is 79.9. The molecule has 5 nitrogen and oxygen atoms in total. The molecule has 0 heterocycles. The van der Waals surface area contributed by atoms with Crippen LogP contribution in [0.5, 0.6) is 11.5 Å². The fraction of sp³-hybridized carbons (Fsp3) is 0.567.